The Kier molecular flexibility index (Phi) is 6.48. The summed E-state index contributed by atoms with van der Waals surface area (Å²) in [5.74, 6) is -0.446. The number of amides is 2. The van der Waals surface area contributed by atoms with Crippen molar-refractivity contribution in [3.05, 3.63) is 41.8 Å². The zero-order valence-electron chi connectivity index (χ0n) is 15.6. The van der Waals surface area contributed by atoms with Crippen molar-refractivity contribution in [3.63, 3.8) is 0 Å². The van der Waals surface area contributed by atoms with Gasteiger partial charge in [-0.2, -0.15) is 4.31 Å². The topological polar surface area (TPSA) is 95.6 Å². The van der Waals surface area contributed by atoms with Crippen molar-refractivity contribution in [2.75, 3.05) is 17.2 Å². The third kappa shape index (κ3) is 4.98. The number of hydrogen-bond donors (Lipinski definition) is 2. The maximum absolute atomic E-state index is 12.9. The Balaban J connectivity index is 1.69. The van der Waals surface area contributed by atoms with E-state index in [1.54, 1.807) is 41.8 Å². The van der Waals surface area contributed by atoms with Gasteiger partial charge in [-0.3, -0.25) is 9.59 Å². The second-order valence-electron chi connectivity index (χ2n) is 6.71. The number of carbonyl (C=O) groups is 2. The van der Waals surface area contributed by atoms with Gasteiger partial charge in [0.2, 0.25) is 11.8 Å². The molecule has 0 aliphatic carbocycles. The standard InChI is InChI=1S/C19H23N3O4S2/c1-14(23)20-15-6-4-7-16(12-15)21-18(24)13-17-8-2-3-10-22(17)28(25,26)19-9-5-11-27-19/h4-7,9,11-12,17H,2-3,8,10,13H2,1H3,(H,20,23)(H,21,24)/t17-/m1/s1. The SMILES string of the molecule is CC(=O)Nc1cccc(NC(=O)C[C@H]2CCCCN2S(=O)(=O)c2cccs2)c1. The van der Waals surface area contributed by atoms with Crippen molar-refractivity contribution in [3.8, 4) is 0 Å². The molecule has 2 N–H and O–H groups in total. The van der Waals surface area contributed by atoms with Gasteiger partial charge in [-0.15, -0.1) is 11.3 Å². The summed E-state index contributed by atoms with van der Waals surface area (Å²) in [6.45, 7) is 1.84. The van der Waals surface area contributed by atoms with E-state index in [9.17, 15) is 18.0 Å². The highest BCUT2D eigenvalue weighted by molar-refractivity contribution is 7.91. The third-order valence-corrected chi connectivity index (χ3v) is 7.84. The van der Waals surface area contributed by atoms with Gasteiger partial charge >= 0.3 is 0 Å². The highest BCUT2D eigenvalue weighted by Crippen LogP contribution is 2.29. The Morgan fingerprint density at radius 2 is 1.89 bits per heavy atom. The number of nitrogens with zero attached hydrogens (tertiary/aromatic N) is 1. The smallest absolute Gasteiger partial charge is 0.252 e. The molecule has 9 heteroatoms. The van der Waals surface area contributed by atoms with Gasteiger partial charge < -0.3 is 10.6 Å². The quantitative estimate of drug-likeness (QED) is 0.748. The van der Waals surface area contributed by atoms with Crippen molar-refractivity contribution < 1.29 is 18.0 Å². The maximum Gasteiger partial charge on any atom is 0.252 e. The molecule has 1 saturated heterocycles. The number of sulfonamides is 1. The van der Waals surface area contributed by atoms with Crippen LogP contribution in [0.2, 0.25) is 0 Å². The highest BCUT2D eigenvalue weighted by Gasteiger charge is 2.35. The van der Waals surface area contributed by atoms with Gasteiger partial charge in [0.1, 0.15) is 4.21 Å². The van der Waals surface area contributed by atoms with E-state index in [2.05, 4.69) is 10.6 Å². The summed E-state index contributed by atoms with van der Waals surface area (Å²) in [7, 11) is -3.58. The van der Waals surface area contributed by atoms with Crippen molar-refractivity contribution >= 4 is 44.5 Å². The molecule has 1 aliphatic rings. The van der Waals surface area contributed by atoms with Crippen LogP contribution in [0.1, 0.15) is 32.6 Å². The molecule has 2 heterocycles. The molecule has 3 rings (SSSR count). The Morgan fingerprint density at radius 1 is 1.14 bits per heavy atom. The van der Waals surface area contributed by atoms with E-state index < -0.39 is 10.0 Å². The molecular formula is C19H23N3O4S2. The minimum absolute atomic E-state index is 0.0922. The molecule has 0 spiro atoms. The van der Waals surface area contributed by atoms with Crippen molar-refractivity contribution in [1.82, 2.24) is 4.31 Å². The van der Waals surface area contributed by atoms with Gasteiger partial charge in [-0.05, 0) is 42.5 Å². The second kappa shape index (κ2) is 8.85. The molecule has 1 aliphatic heterocycles. The summed E-state index contributed by atoms with van der Waals surface area (Å²) < 4.78 is 27.6. The average molecular weight is 422 g/mol. The summed E-state index contributed by atoms with van der Waals surface area (Å²) in [5, 5.41) is 7.20. The van der Waals surface area contributed by atoms with Crippen molar-refractivity contribution in [2.45, 2.75) is 42.9 Å². The fourth-order valence-electron chi connectivity index (χ4n) is 3.32. The first-order chi connectivity index (χ1) is 13.4. The number of carbonyl (C=O) groups excluding carboxylic acids is 2. The minimum Gasteiger partial charge on any atom is -0.326 e. The Bertz CT molecular complexity index is 942. The largest absolute Gasteiger partial charge is 0.326 e. The van der Waals surface area contributed by atoms with Crippen LogP contribution in [0.15, 0.2) is 46.0 Å². The molecule has 0 unspecified atom stereocenters. The molecule has 1 aromatic carbocycles. The van der Waals surface area contributed by atoms with Crippen LogP contribution in [0, 0.1) is 0 Å². The highest BCUT2D eigenvalue weighted by atomic mass is 32.2. The molecule has 28 heavy (non-hydrogen) atoms. The fourth-order valence-corrected chi connectivity index (χ4v) is 6.14. The van der Waals surface area contributed by atoms with Crippen LogP contribution in [-0.4, -0.2) is 37.1 Å². The molecule has 0 saturated carbocycles. The number of rotatable bonds is 6. The molecular weight excluding hydrogens is 398 g/mol. The first-order valence-corrected chi connectivity index (χ1v) is 11.4. The van der Waals surface area contributed by atoms with Crippen LogP contribution < -0.4 is 10.6 Å². The van der Waals surface area contributed by atoms with Crippen LogP contribution >= 0.6 is 11.3 Å². The van der Waals surface area contributed by atoms with E-state index in [-0.39, 0.29) is 24.3 Å². The monoisotopic (exact) mass is 421 g/mol. The summed E-state index contributed by atoms with van der Waals surface area (Å²) in [6, 6.07) is 9.80. The lowest BCUT2D eigenvalue weighted by Gasteiger charge is -2.34. The number of piperidine rings is 1. The van der Waals surface area contributed by atoms with E-state index in [0.29, 0.717) is 28.5 Å². The van der Waals surface area contributed by atoms with Crippen LogP contribution in [-0.2, 0) is 19.6 Å². The molecule has 0 bridgehead atoms. The summed E-state index contributed by atoms with van der Waals surface area (Å²) >= 11 is 1.19. The molecule has 2 aromatic rings. The van der Waals surface area contributed by atoms with Gasteiger partial charge in [0.05, 0.1) is 0 Å². The summed E-state index contributed by atoms with van der Waals surface area (Å²) in [5.41, 5.74) is 1.14. The first kappa shape index (κ1) is 20.5. The lowest BCUT2D eigenvalue weighted by atomic mass is 10.0. The molecule has 1 aromatic heterocycles. The number of hydrogen-bond acceptors (Lipinski definition) is 5. The van der Waals surface area contributed by atoms with E-state index in [4.69, 9.17) is 0 Å². The van der Waals surface area contributed by atoms with E-state index in [0.717, 1.165) is 12.8 Å². The Labute approximate surface area is 168 Å². The fraction of sp³-hybridized carbons (Fsp3) is 0.368. The number of thiophene rings is 1. The van der Waals surface area contributed by atoms with Crippen LogP contribution in [0.5, 0.6) is 0 Å². The van der Waals surface area contributed by atoms with Gasteiger partial charge in [0.25, 0.3) is 10.0 Å². The normalized spacial score (nSPS) is 17.8. The first-order valence-electron chi connectivity index (χ1n) is 9.09. The van der Waals surface area contributed by atoms with Crippen molar-refractivity contribution in [2.24, 2.45) is 0 Å². The number of nitrogens with one attached hydrogen (secondary N) is 2. The number of benzene rings is 1. The zero-order valence-corrected chi connectivity index (χ0v) is 17.2. The van der Waals surface area contributed by atoms with E-state index >= 15 is 0 Å². The lowest BCUT2D eigenvalue weighted by Crippen LogP contribution is -2.45. The minimum atomic E-state index is -3.58. The van der Waals surface area contributed by atoms with E-state index in [1.807, 2.05) is 0 Å². The van der Waals surface area contributed by atoms with Gasteiger partial charge in [-0.1, -0.05) is 18.6 Å². The third-order valence-electron chi connectivity index (χ3n) is 4.52. The molecule has 150 valence electrons. The van der Waals surface area contributed by atoms with E-state index in [1.165, 1.54) is 22.6 Å². The molecule has 7 nitrogen and oxygen atoms in total. The summed E-state index contributed by atoms with van der Waals surface area (Å²) in [6.07, 6.45) is 2.44. The van der Waals surface area contributed by atoms with Gasteiger partial charge in [0.15, 0.2) is 0 Å². The zero-order chi connectivity index (χ0) is 20.1. The maximum atomic E-state index is 12.9. The number of anilines is 2. The molecule has 1 fully saturated rings. The van der Waals surface area contributed by atoms with Crippen molar-refractivity contribution in [1.29, 1.82) is 0 Å². The molecule has 0 radical (unpaired) electrons. The van der Waals surface area contributed by atoms with Gasteiger partial charge in [-0.25, -0.2) is 8.42 Å². The van der Waals surface area contributed by atoms with Crippen LogP contribution in [0.3, 0.4) is 0 Å². The predicted molar refractivity (Wildman–Crippen MR) is 110 cm³/mol. The predicted octanol–water partition coefficient (Wildman–Crippen LogP) is 3.28. The summed E-state index contributed by atoms with van der Waals surface area (Å²) in [4.78, 5) is 23.7. The average Bonchev–Trinajstić information content (AvgIpc) is 3.17. The lowest BCUT2D eigenvalue weighted by molar-refractivity contribution is -0.117. The van der Waals surface area contributed by atoms with Crippen LogP contribution in [0.4, 0.5) is 11.4 Å². The Hall–Kier alpha value is -2.23. The Morgan fingerprint density at radius 3 is 2.57 bits per heavy atom. The molecule has 1 atom stereocenters. The second-order valence-corrected chi connectivity index (χ2v) is 9.78. The molecule has 2 amide bonds. The van der Waals surface area contributed by atoms with Crippen LogP contribution in [0.25, 0.3) is 0 Å². The van der Waals surface area contributed by atoms with Gasteiger partial charge in [0, 0.05) is 37.3 Å².